The number of fused-ring (bicyclic) bond motifs is 1. The molecule has 3 N–H and O–H groups in total. The van der Waals surface area contributed by atoms with E-state index >= 15 is 0 Å². The maximum absolute atomic E-state index is 12.7. The molecule has 3 rings (SSSR count). The van der Waals surface area contributed by atoms with Crippen LogP contribution in [0.1, 0.15) is 50.9 Å². The molecule has 7 heteroatoms. The lowest BCUT2D eigenvalue weighted by Gasteiger charge is -2.24. The van der Waals surface area contributed by atoms with Crippen LogP contribution in [0, 0.1) is 0 Å². The summed E-state index contributed by atoms with van der Waals surface area (Å²) in [6.07, 6.45) is 5.34. The van der Waals surface area contributed by atoms with Crippen molar-refractivity contribution in [2.24, 2.45) is 5.73 Å². The molecule has 1 aliphatic rings. The van der Waals surface area contributed by atoms with E-state index in [-0.39, 0.29) is 23.8 Å². The highest BCUT2D eigenvalue weighted by molar-refractivity contribution is 5.70. The van der Waals surface area contributed by atoms with Gasteiger partial charge in [-0.25, -0.2) is 9.78 Å². The number of aromatic amines is 1. The minimum atomic E-state index is -0.309. The van der Waals surface area contributed by atoms with Crippen LogP contribution in [0.2, 0.25) is 0 Å². The Morgan fingerprint density at radius 1 is 1.29 bits per heavy atom. The molecule has 0 bridgehead atoms. The predicted molar refractivity (Wildman–Crippen MR) is 80.3 cm³/mol. The Balaban J connectivity index is 2.32. The van der Waals surface area contributed by atoms with Crippen molar-refractivity contribution in [3.8, 4) is 0 Å². The fourth-order valence-corrected chi connectivity index (χ4v) is 3.22. The molecule has 0 saturated heterocycles. The topological polar surface area (TPSA) is 98.7 Å². The summed E-state index contributed by atoms with van der Waals surface area (Å²) in [6.45, 7) is 2.39. The van der Waals surface area contributed by atoms with Crippen LogP contribution >= 0.6 is 0 Å². The molecule has 0 aromatic carbocycles. The summed E-state index contributed by atoms with van der Waals surface area (Å²) < 4.78 is 2.98. The summed E-state index contributed by atoms with van der Waals surface area (Å²) in [6, 6.07) is 0.126. The van der Waals surface area contributed by atoms with Crippen LogP contribution in [0.4, 0.5) is 0 Å². The first-order chi connectivity index (χ1) is 10.2. The molecule has 114 valence electrons. The SMILES string of the molecule is CCn1c(=O)c2[nH]c(CN)nc2n(C2CCCCC2)c1=O. The summed E-state index contributed by atoms with van der Waals surface area (Å²) in [5.41, 5.74) is 5.90. The minimum Gasteiger partial charge on any atom is -0.335 e. The molecule has 1 fully saturated rings. The molecule has 7 nitrogen and oxygen atoms in total. The molecule has 0 radical (unpaired) electrons. The van der Waals surface area contributed by atoms with Gasteiger partial charge in [-0.2, -0.15) is 0 Å². The first-order valence-electron chi connectivity index (χ1n) is 7.61. The van der Waals surface area contributed by atoms with E-state index in [0.717, 1.165) is 25.7 Å². The van der Waals surface area contributed by atoms with Crippen molar-refractivity contribution in [2.75, 3.05) is 0 Å². The van der Waals surface area contributed by atoms with E-state index in [1.165, 1.54) is 11.0 Å². The highest BCUT2D eigenvalue weighted by Gasteiger charge is 2.23. The lowest BCUT2D eigenvalue weighted by molar-refractivity contribution is 0.343. The number of H-pyrrole nitrogens is 1. The van der Waals surface area contributed by atoms with Gasteiger partial charge >= 0.3 is 5.69 Å². The number of nitrogens with zero attached hydrogens (tertiary/aromatic N) is 3. The quantitative estimate of drug-likeness (QED) is 0.876. The van der Waals surface area contributed by atoms with E-state index in [0.29, 0.717) is 23.5 Å². The van der Waals surface area contributed by atoms with Crippen LogP contribution in [0.5, 0.6) is 0 Å². The van der Waals surface area contributed by atoms with Crippen molar-refractivity contribution in [1.29, 1.82) is 0 Å². The van der Waals surface area contributed by atoms with Gasteiger partial charge in [-0.15, -0.1) is 0 Å². The van der Waals surface area contributed by atoms with E-state index in [9.17, 15) is 9.59 Å². The Labute approximate surface area is 121 Å². The third-order valence-electron chi connectivity index (χ3n) is 4.31. The second-order valence-electron chi connectivity index (χ2n) is 5.58. The maximum atomic E-state index is 12.7. The largest absolute Gasteiger partial charge is 0.335 e. The Morgan fingerprint density at radius 3 is 2.62 bits per heavy atom. The van der Waals surface area contributed by atoms with Crippen molar-refractivity contribution in [3.63, 3.8) is 0 Å². The van der Waals surface area contributed by atoms with Crippen LogP contribution in [-0.4, -0.2) is 19.1 Å². The molecule has 0 amide bonds. The fourth-order valence-electron chi connectivity index (χ4n) is 3.22. The highest BCUT2D eigenvalue weighted by atomic mass is 16.2. The summed E-state index contributed by atoms with van der Waals surface area (Å²) in [5, 5.41) is 0. The van der Waals surface area contributed by atoms with E-state index < -0.39 is 0 Å². The number of aromatic nitrogens is 4. The van der Waals surface area contributed by atoms with E-state index in [1.54, 1.807) is 11.5 Å². The van der Waals surface area contributed by atoms with Crippen LogP contribution in [0.3, 0.4) is 0 Å². The van der Waals surface area contributed by atoms with Gasteiger partial charge in [-0.3, -0.25) is 13.9 Å². The smallest absolute Gasteiger partial charge is 0.332 e. The third kappa shape index (κ3) is 2.21. The Kier molecular flexibility index (Phi) is 3.67. The average Bonchev–Trinajstić information content (AvgIpc) is 2.93. The Bertz CT molecular complexity index is 764. The molecular weight excluding hydrogens is 270 g/mol. The third-order valence-corrected chi connectivity index (χ3v) is 4.31. The van der Waals surface area contributed by atoms with Gasteiger partial charge in [0.15, 0.2) is 5.65 Å². The summed E-state index contributed by atoms with van der Waals surface area (Å²) in [7, 11) is 0. The number of imidazole rings is 1. The van der Waals surface area contributed by atoms with Gasteiger partial charge in [0.2, 0.25) is 0 Å². The zero-order valence-corrected chi connectivity index (χ0v) is 12.3. The van der Waals surface area contributed by atoms with Crippen molar-refractivity contribution < 1.29 is 0 Å². The monoisotopic (exact) mass is 291 g/mol. The molecule has 0 atom stereocenters. The predicted octanol–water partition coefficient (Wildman–Crippen LogP) is 0.870. The van der Waals surface area contributed by atoms with Crippen molar-refractivity contribution in [2.45, 2.75) is 58.2 Å². The summed E-state index contributed by atoms with van der Waals surface area (Å²) in [4.78, 5) is 32.4. The Hall–Kier alpha value is -1.89. The zero-order valence-electron chi connectivity index (χ0n) is 12.3. The van der Waals surface area contributed by atoms with Gasteiger partial charge < -0.3 is 10.7 Å². The molecule has 1 aliphatic carbocycles. The van der Waals surface area contributed by atoms with E-state index in [2.05, 4.69) is 9.97 Å². The molecule has 21 heavy (non-hydrogen) atoms. The molecule has 0 aliphatic heterocycles. The van der Waals surface area contributed by atoms with Crippen LogP contribution < -0.4 is 17.0 Å². The van der Waals surface area contributed by atoms with Gasteiger partial charge in [-0.1, -0.05) is 19.3 Å². The van der Waals surface area contributed by atoms with Crippen molar-refractivity contribution in [1.82, 2.24) is 19.1 Å². The normalized spacial score (nSPS) is 16.7. The lowest BCUT2D eigenvalue weighted by Crippen LogP contribution is -2.41. The first-order valence-corrected chi connectivity index (χ1v) is 7.61. The van der Waals surface area contributed by atoms with Crippen LogP contribution in [0.15, 0.2) is 9.59 Å². The molecule has 0 unspecified atom stereocenters. The van der Waals surface area contributed by atoms with E-state index in [4.69, 9.17) is 5.73 Å². The van der Waals surface area contributed by atoms with Crippen molar-refractivity contribution in [3.05, 3.63) is 26.7 Å². The van der Waals surface area contributed by atoms with Gasteiger partial charge in [0.25, 0.3) is 5.56 Å². The van der Waals surface area contributed by atoms with Gasteiger partial charge in [-0.05, 0) is 19.8 Å². The summed E-state index contributed by atoms with van der Waals surface area (Å²) in [5.74, 6) is 0.542. The van der Waals surface area contributed by atoms with Crippen molar-refractivity contribution >= 4 is 11.2 Å². The summed E-state index contributed by atoms with van der Waals surface area (Å²) >= 11 is 0. The molecular formula is C14H21N5O2. The second-order valence-corrected chi connectivity index (χ2v) is 5.58. The molecule has 2 aromatic rings. The van der Waals surface area contributed by atoms with Crippen LogP contribution in [0.25, 0.3) is 11.2 Å². The fraction of sp³-hybridized carbons (Fsp3) is 0.643. The number of rotatable bonds is 3. The number of nitrogens with one attached hydrogen (secondary N) is 1. The molecule has 1 saturated carbocycles. The molecule has 2 aromatic heterocycles. The zero-order chi connectivity index (χ0) is 15.0. The Morgan fingerprint density at radius 2 is 2.00 bits per heavy atom. The maximum Gasteiger partial charge on any atom is 0.332 e. The van der Waals surface area contributed by atoms with E-state index in [1.807, 2.05) is 0 Å². The molecule has 0 spiro atoms. The van der Waals surface area contributed by atoms with Gasteiger partial charge in [0.1, 0.15) is 11.3 Å². The number of hydrogen-bond donors (Lipinski definition) is 2. The average molecular weight is 291 g/mol. The molecule has 2 heterocycles. The number of nitrogens with two attached hydrogens (primary N) is 1. The standard InChI is InChI=1S/C14H21N5O2/c1-2-18-13(20)11-12(17-10(8-15)16-11)19(14(18)21)9-6-4-3-5-7-9/h9H,2-8,15H2,1H3,(H,16,17). The lowest BCUT2D eigenvalue weighted by atomic mass is 9.95. The van der Waals surface area contributed by atoms with Gasteiger partial charge in [0, 0.05) is 12.6 Å². The first kappa shape index (κ1) is 14.1. The van der Waals surface area contributed by atoms with Crippen LogP contribution in [-0.2, 0) is 13.1 Å². The highest BCUT2D eigenvalue weighted by Crippen LogP contribution is 2.28. The van der Waals surface area contributed by atoms with Gasteiger partial charge in [0.05, 0.1) is 6.54 Å². The second kappa shape index (κ2) is 5.48. The number of hydrogen-bond acceptors (Lipinski definition) is 4. The minimum absolute atomic E-state index is 0.126.